The molecule has 0 aliphatic rings. The molecule has 6 nitrogen and oxygen atoms in total. The Balaban J connectivity index is 1.69. The number of para-hydroxylation sites is 1. The van der Waals surface area contributed by atoms with Crippen LogP contribution in [0.2, 0.25) is 0 Å². The second-order valence-electron chi connectivity index (χ2n) is 7.03. The van der Waals surface area contributed by atoms with E-state index in [0.29, 0.717) is 19.6 Å². The van der Waals surface area contributed by atoms with E-state index < -0.39 is 17.4 Å². The second-order valence-corrected chi connectivity index (χ2v) is 7.03. The quantitative estimate of drug-likeness (QED) is 0.533. The summed E-state index contributed by atoms with van der Waals surface area (Å²) < 4.78 is 37.6. The molecule has 158 valence electrons. The molecule has 8 heteroatoms. The van der Waals surface area contributed by atoms with E-state index in [-0.39, 0.29) is 24.0 Å². The van der Waals surface area contributed by atoms with Crippen LogP contribution in [0, 0.1) is 11.6 Å². The highest BCUT2D eigenvalue weighted by Crippen LogP contribution is 2.22. The van der Waals surface area contributed by atoms with Crippen LogP contribution in [0.15, 0.2) is 59.1 Å². The molecular weight excluding hydrogens is 392 g/mol. The number of amides is 1. The molecule has 3 rings (SSSR count). The first-order chi connectivity index (χ1) is 14.4. The summed E-state index contributed by atoms with van der Waals surface area (Å²) in [6.45, 7) is 1.35. The van der Waals surface area contributed by atoms with Crippen LogP contribution < -0.4 is 4.74 Å². The van der Waals surface area contributed by atoms with E-state index in [1.54, 1.807) is 4.90 Å². The van der Waals surface area contributed by atoms with Crippen molar-refractivity contribution in [2.45, 2.75) is 13.2 Å². The van der Waals surface area contributed by atoms with E-state index in [0.717, 1.165) is 17.7 Å². The van der Waals surface area contributed by atoms with Crippen LogP contribution in [-0.4, -0.2) is 48.0 Å². The summed E-state index contributed by atoms with van der Waals surface area (Å²) >= 11 is 0. The molecule has 0 N–H and O–H groups in total. The third-order valence-electron chi connectivity index (χ3n) is 4.38. The van der Waals surface area contributed by atoms with Gasteiger partial charge in [0.25, 0.3) is 5.91 Å². The summed E-state index contributed by atoms with van der Waals surface area (Å²) in [5.41, 5.74) is 1.10. The van der Waals surface area contributed by atoms with E-state index in [9.17, 15) is 13.6 Å². The number of halogens is 2. The Labute approximate surface area is 173 Å². The lowest BCUT2D eigenvalue weighted by Gasteiger charge is -2.23. The van der Waals surface area contributed by atoms with Gasteiger partial charge in [-0.15, -0.1) is 0 Å². The molecule has 0 aliphatic heterocycles. The first kappa shape index (κ1) is 21.4. The van der Waals surface area contributed by atoms with Crippen LogP contribution in [0.3, 0.4) is 0 Å². The van der Waals surface area contributed by atoms with E-state index in [1.165, 1.54) is 12.1 Å². The van der Waals surface area contributed by atoms with Gasteiger partial charge >= 0.3 is 0 Å². The summed E-state index contributed by atoms with van der Waals surface area (Å²) in [6.07, 6.45) is 0. The summed E-state index contributed by atoms with van der Waals surface area (Å²) in [7, 11) is 3.86. The maximum Gasteiger partial charge on any atom is 0.276 e. The molecule has 0 saturated heterocycles. The lowest BCUT2D eigenvalue weighted by atomic mass is 10.2. The topological polar surface area (TPSA) is 58.8 Å². The van der Waals surface area contributed by atoms with Gasteiger partial charge < -0.3 is 19.1 Å². The Morgan fingerprint density at radius 2 is 1.73 bits per heavy atom. The fourth-order valence-electron chi connectivity index (χ4n) is 2.78. The highest BCUT2D eigenvalue weighted by atomic mass is 19.1. The van der Waals surface area contributed by atoms with Crippen molar-refractivity contribution in [1.82, 2.24) is 15.0 Å². The third kappa shape index (κ3) is 5.64. The van der Waals surface area contributed by atoms with Crippen molar-refractivity contribution >= 4 is 5.91 Å². The molecule has 0 unspecified atom stereocenters. The summed E-state index contributed by atoms with van der Waals surface area (Å²) in [6, 6.07) is 14.5. The highest BCUT2D eigenvalue weighted by molar-refractivity contribution is 5.92. The van der Waals surface area contributed by atoms with Crippen molar-refractivity contribution in [3.63, 3.8) is 0 Å². The molecule has 0 bridgehead atoms. The lowest BCUT2D eigenvalue weighted by molar-refractivity contribution is 0.0721. The molecule has 30 heavy (non-hydrogen) atoms. The van der Waals surface area contributed by atoms with Crippen LogP contribution in [0.4, 0.5) is 8.78 Å². The molecule has 0 fully saturated rings. The molecule has 1 heterocycles. The zero-order valence-corrected chi connectivity index (χ0v) is 16.8. The Bertz CT molecular complexity index is 957. The van der Waals surface area contributed by atoms with Crippen LogP contribution in [-0.2, 0) is 13.2 Å². The number of ether oxygens (including phenoxy) is 1. The van der Waals surface area contributed by atoms with Gasteiger partial charge in [0.1, 0.15) is 6.61 Å². The average molecular weight is 415 g/mol. The fraction of sp³-hybridized carbons (Fsp3) is 0.273. The first-order valence-corrected chi connectivity index (χ1v) is 9.44. The fourth-order valence-corrected chi connectivity index (χ4v) is 2.78. The Hall–Kier alpha value is -3.26. The number of likely N-dealkylation sites (N-methyl/N-ethyl adjacent to an activating group) is 1. The Kier molecular flexibility index (Phi) is 7.13. The Morgan fingerprint density at radius 1 is 1.03 bits per heavy atom. The van der Waals surface area contributed by atoms with Gasteiger partial charge in [0.05, 0.1) is 0 Å². The molecule has 2 aromatic carbocycles. The van der Waals surface area contributed by atoms with Crippen molar-refractivity contribution in [1.29, 1.82) is 0 Å². The molecule has 1 aromatic heterocycles. The third-order valence-corrected chi connectivity index (χ3v) is 4.38. The van der Waals surface area contributed by atoms with Gasteiger partial charge in [0, 0.05) is 25.7 Å². The van der Waals surface area contributed by atoms with Crippen LogP contribution >= 0.6 is 0 Å². The lowest BCUT2D eigenvalue weighted by Crippen LogP contribution is -2.36. The van der Waals surface area contributed by atoms with Crippen LogP contribution in [0.1, 0.15) is 21.8 Å². The number of benzene rings is 2. The maximum atomic E-state index is 13.7. The van der Waals surface area contributed by atoms with E-state index >= 15 is 0 Å². The van der Waals surface area contributed by atoms with Gasteiger partial charge in [-0.3, -0.25) is 4.79 Å². The van der Waals surface area contributed by atoms with Gasteiger partial charge in [-0.2, -0.15) is 0 Å². The minimum atomic E-state index is -0.816. The van der Waals surface area contributed by atoms with Gasteiger partial charge in [0.2, 0.25) is 0 Å². The second kappa shape index (κ2) is 9.98. The predicted octanol–water partition coefficient (Wildman–Crippen LogP) is 3.74. The maximum absolute atomic E-state index is 13.7. The predicted molar refractivity (Wildman–Crippen MR) is 107 cm³/mol. The minimum absolute atomic E-state index is 0.109. The highest BCUT2D eigenvalue weighted by Gasteiger charge is 2.21. The van der Waals surface area contributed by atoms with Crippen LogP contribution in [0.25, 0.3) is 0 Å². The zero-order valence-electron chi connectivity index (χ0n) is 16.8. The molecule has 0 saturated carbocycles. The van der Waals surface area contributed by atoms with Crippen molar-refractivity contribution in [2.24, 2.45) is 0 Å². The van der Waals surface area contributed by atoms with Gasteiger partial charge in [-0.1, -0.05) is 41.6 Å². The molecule has 0 spiro atoms. The number of carbonyl (C=O) groups excluding carboxylic acids is 1. The molecule has 3 aromatic rings. The number of carbonyl (C=O) groups is 1. The summed E-state index contributed by atoms with van der Waals surface area (Å²) in [5.74, 6) is -2.24. The number of hydrogen-bond acceptors (Lipinski definition) is 5. The summed E-state index contributed by atoms with van der Waals surface area (Å²) in [4.78, 5) is 16.6. The largest absolute Gasteiger partial charge is 0.479 e. The number of rotatable bonds is 9. The zero-order chi connectivity index (χ0) is 21.5. The van der Waals surface area contributed by atoms with Crippen molar-refractivity contribution in [2.75, 3.05) is 27.2 Å². The van der Waals surface area contributed by atoms with Gasteiger partial charge in [-0.05, 0) is 31.8 Å². The smallest absolute Gasteiger partial charge is 0.276 e. The number of aromatic nitrogens is 1. The first-order valence-electron chi connectivity index (χ1n) is 9.44. The normalized spacial score (nSPS) is 11.0. The van der Waals surface area contributed by atoms with Crippen LogP contribution in [0.5, 0.6) is 5.75 Å². The monoisotopic (exact) mass is 415 g/mol. The molecule has 0 aliphatic carbocycles. The van der Waals surface area contributed by atoms with Gasteiger partial charge in [-0.25, -0.2) is 8.78 Å². The standard InChI is InChI=1S/C22H23F2N3O3/c1-26(2)11-12-27(14-16-7-4-3-5-8-16)22(28)20-13-17(30-25-20)15-29-21-18(23)9-6-10-19(21)24/h3-10,13H,11-12,14-15H2,1-2H3. The minimum Gasteiger partial charge on any atom is -0.479 e. The van der Waals surface area contributed by atoms with E-state index in [4.69, 9.17) is 9.26 Å². The molecule has 0 radical (unpaired) electrons. The van der Waals surface area contributed by atoms with Gasteiger partial charge in [0.15, 0.2) is 28.8 Å². The molecule has 1 amide bonds. The number of hydrogen-bond donors (Lipinski definition) is 0. The summed E-state index contributed by atoms with van der Waals surface area (Å²) in [5, 5.41) is 3.82. The van der Waals surface area contributed by atoms with Crippen molar-refractivity contribution in [3.05, 3.63) is 83.2 Å². The van der Waals surface area contributed by atoms with E-state index in [2.05, 4.69) is 5.16 Å². The van der Waals surface area contributed by atoms with Crippen molar-refractivity contribution in [3.8, 4) is 5.75 Å². The van der Waals surface area contributed by atoms with Crippen molar-refractivity contribution < 1.29 is 22.8 Å². The Morgan fingerprint density at radius 3 is 2.40 bits per heavy atom. The molecular formula is C22H23F2N3O3. The van der Waals surface area contributed by atoms with E-state index in [1.807, 2.05) is 49.3 Å². The SMILES string of the molecule is CN(C)CCN(Cc1ccccc1)C(=O)c1cc(COc2c(F)cccc2F)on1. The average Bonchev–Trinajstić information content (AvgIpc) is 3.20. The number of nitrogens with zero attached hydrogens (tertiary/aromatic N) is 3. The molecule has 0 atom stereocenters.